The topological polar surface area (TPSA) is 243 Å². The smallest absolute Gasteiger partial charge is 0.355 e. The minimum atomic E-state index is -2.71. The van der Waals surface area contributed by atoms with Crippen LogP contribution in [0.4, 0.5) is 0 Å². The van der Waals surface area contributed by atoms with Crippen LogP contribution in [0.2, 0.25) is 0 Å². The highest BCUT2D eigenvalue weighted by Crippen LogP contribution is 2.90. The Kier molecular flexibility index (Phi) is 5.98. The number of nitrogens with one attached hydrogen (secondary N) is 1. The molecule has 4 aliphatic carbocycles. The molecule has 8 unspecified atom stereocenters. The molecule has 7 rings (SSSR count). The summed E-state index contributed by atoms with van der Waals surface area (Å²) in [6.45, 7) is 7.74. The molecule has 4 saturated carbocycles. The first kappa shape index (κ1) is 30.3. The number of guanidine groups is 1. The summed E-state index contributed by atoms with van der Waals surface area (Å²) in [4.78, 5) is 33.1. The van der Waals surface area contributed by atoms with E-state index in [1.165, 1.54) is 26.1 Å². The van der Waals surface area contributed by atoms with Gasteiger partial charge in [0.05, 0.1) is 18.4 Å². The van der Waals surface area contributed by atoms with Crippen LogP contribution in [0, 0.1) is 22.7 Å². The molecule has 6 fully saturated rings. The third-order valence-electron chi connectivity index (χ3n) is 12.1. The van der Waals surface area contributed by atoms with Crippen LogP contribution in [0.3, 0.4) is 0 Å². The number of hydrogen-bond acceptors (Lipinski definition) is 11. The van der Waals surface area contributed by atoms with Crippen molar-refractivity contribution in [3.05, 3.63) is 24.0 Å². The second-order valence-electron chi connectivity index (χ2n) is 13.9. The molecular weight excluding hydrogens is 564 g/mol. The molecular formula is C29H42N4O10. The van der Waals surface area contributed by atoms with Crippen LogP contribution in [0.1, 0.15) is 70.8 Å². The summed E-state index contributed by atoms with van der Waals surface area (Å²) in [5.74, 6) is -5.64. The van der Waals surface area contributed by atoms with E-state index in [1.54, 1.807) is 26.8 Å². The fourth-order valence-electron chi connectivity index (χ4n) is 10.2. The highest BCUT2D eigenvalue weighted by molar-refractivity contribution is 5.87. The molecule has 0 radical (unpaired) electrons. The fraction of sp³-hybridized carbons (Fsp3) is 0.759. The van der Waals surface area contributed by atoms with Gasteiger partial charge in [-0.05, 0) is 43.7 Å². The number of hydrogen-bond donors (Lipinski definition) is 8. The van der Waals surface area contributed by atoms with Gasteiger partial charge < -0.3 is 56.2 Å². The van der Waals surface area contributed by atoms with Crippen molar-refractivity contribution in [1.29, 1.82) is 0 Å². The van der Waals surface area contributed by atoms with Crippen molar-refractivity contribution in [3.63, 3.8) is 0 Å². The van der Waals surface area contributed by atoms with Gasteiger partial charge in [-0.1, -0.05) is 27.7 Å². The zero-order valence-corrected chi connectivity index (χ0v) is 25.0. The number of nitrogens with zero attached hydrogens (tertiary/aromatic N) is 1. The quantitative estimate of drug-likeness (QED) is 0.106. The van der Waals surface area contributed by atoms with E-state index in [0.29, 0.717) is 6.42 Å². The van der Waals surface area contributed by atoms with Crippen LogP contribution in [-0.2, 0) is 19.0 Å². The van der Waals surface area contributed by atoms with Crippen LogP contribution in [-0.4, -0.2) is 101 Å². The maximum atomic E-state index is 13.4. The first-order valence-corrected chi connectivity index (χ1v) is 14.7. The fourth-order valence-corrected chi connectivity index (χ4v) is 10.2. The number of esters is 2. The second kappa shape index (κ2) is 8.49. The van der Waals surface area contributed by atoms with Crippen molar-refractivity contribution in [2.75, 3.05) is 6.54 Å². The van der Waals surface area contributed by atoms with E-state index in [0.717, 1.165) is 0 Å². The Morgan fingerprint density at radius 2 is 1.84 bits per heavy atom. The number of H-pyrrole nitrogens is 1. The number of aliphatic imine (C=N–C) groups is 1. The Labute approximate surface area is 248 Å². The summed E-state index contributed by atoms with van der Waals surface area (Å²) in [6, 6.07) is 3.02. The van der Waals surface area contributed by atoms with Gasteiger partial charge in [-0.2, -0.15) is 0 Å². The van der Waals surface area contributed by atoms with Crippen LogP contribution in [0.25, 0.3) is 0 Å². The number of aromatic nitrogens is 1. The Morgan fingerprint density at radius 1 is 1.16 bits per heavy atom. The van der Waals surface area contributed by atoms with Crippen LogP contribution < -0.4 is 11.5 Å². The number of ether oxygens (including phenoxy) is 3. The van der Waals surface area contributed by atoms with E-state index in [9.17, 15) is 35.1 Å². The molecule has 2 saturated heterocycles. The summed E-state index contributed by atoms with van der Waals surface area (Å²) in [7, 11) is 0. The summed E-state index contributed by atoms with van der Waals surface area (Å²) in [6.07, 6.45) is -2.13. The molecule has 2 aliphatic heterocycles. The normalized spacial score (nSPS) is 50.5. The van der Waals surface area contributed by atoms with Crippen molar-refractivity contribution >= 4 is 17.9 Å². The predicted octanol–water partition coefficient (Wildman–Crippen LogP) is -0.973. The van der Waals surface area contributed by atoms with E-state index >= 15 is 0 Å². The van der Waals surface area contributed by atoms with E-state index < -0.39 is 87.0 Å². The Hall–Kier alpha value is -2.75. The molecule has 3 heterocycles. The molecule has 14 heteroatoms. The molecule has 11 atom stereocenters. The first-order valence-electron chi connectivity index (χ1n) is 14.7. The minimum Gasteiger partial charge on any atom is -0.459 e. The lowest BCUT2D eigenvalue weighted by Gasteiger charge is -2.61. The molecule has 0 aromatic carbocycles. The van der Waals surface area contributed by atoms with Crippen molar-refractivity contribution in [3.8, 4) is 0 Å². The van der Waals surface area contributed by atoms with Gasteiger partial charge in [-0.3, -0.25) is 9.79 Å². The average Bonchev–Trinajstić information content (AvgIpc) is 3.54. The number of carbonyl (C=O) groups is 2. The Bertz CT molecular complexity index is 1400. The maximum absolute atomic E-state index is 13.4. The lowest BCUT2D eigenvalue weighted by atomic mass is 9.52. The van der Waals surface area contributed by atoms with Gasteiger partial charge >= 0.3 is 11.9 Å². The number of rotatable bonds is 7. The molecule has 6 bridgehead atoms. The number of nitrogens with two attached hydrogens (primary N) is 2. The lowest BCUT2D eigenvalue weighted by Crippen LogP contribution is -2.75. The highest BCUT2D eigenvalue weighted by Gasteiger charge is 3.10. The molecule has 14 nitrogen and oxygen atoms in total. The molecule has 1 aromatic rings. The molecule has 6 aliphatic rings. The average molecular weight is 607 g/mol. The SMILES string of the molecule is CC1CCC2(O)C3(OC4(O)C[C@]2(C)C2(O)[C@H](OC(=O)c5ccc[nH]5)C(O)(C(C)C)C4(C)C32O)[C@@H]1OC(=O)CCN=C(N)N. The molecule has 1 aromatic heterocycles. The minimum absolute atomic E-state index is 0.0130. The third-order valence-corrected chi connectivity index (χ3v) is 12.1. The summed E-state index contributed by atoms with van der Waals surface area (Å²) < 4.78 is 18.4. The van der Waals surface area contributed by atoms with Crippen LogP contribution in [0.15, 0.2) is 23.3 Å². The van der Waals surface area contributed by atoms with E-state index in [4.69, 9.17) is 25.7 Å². The summed E-state index contributed by atoms with van der Waals surface area (Å²) in [5, 5.41) is 64.3. The van der Waals surface area contributed by atoms with Crippen molar-refractivity contribution in [2.45, 2.75) is 106 Å². The predicted molar refractivity (Wildman–Crippen MR) is 148 cm³/mol. The first-order chi connectivity index (χ1) is 19.8. The van der Waals surface area contributed by atoms with E-state index in [2.05, 4.69) is 9.98 Å². The maximum Gasteiger partial charge on any atom is 0.355 e. The molecule has 238 valence electrons. The van der Waals surface area contributed by atoms with Gasteiger partial charge in [0, 0.05) is 18.0 Å². The second-order valence-corrected chi connectivity index (χ2v) is 13.9. The van der Waals surface area contributed by atoms with Gasteiger partial charge in [-0.15, -0.1) is 0 Å². The van der Waals surface area contributed by atoms with Gasteiger partial charge in [0.15, 0.2) is 23.5 Å². The third kappa shape index (κ3) is 2.77. The standard InChI is InChI=1S/C29H42N4O10/c1-14(2)26(38)20(42-19(35)16-7-6-11-32-16)27(39)22(4)13-25(37)23(26,5)29(27,40)28(43-25)18(15(3)8-10-24(22,28)36)41-17(34)9-12-33-21(30)31/h6-7,11,14-15,18,20,32,36-40H,8-10,12-13H2,1-5H3,(H4,30,31,33)/t15?,18-,20-,22+,23?,24?,25?,26?,27?,28?,29?/m1/s1. The largest absolute Gasteiger partial charge is 0.459 e. The number of aromatic amines is 1. The van der Waals surface area contributed by atoms with E-state index in [-0.39, 0.29) is 31.0 Å². The molecule has 1 spiro atoms. The molecule has 0 amide bonds. The zero-order valence-electron chi connectivity index (χ0n) is 25.0. The Morgan fingerprint density at radius 3 is 2.42 bits per heavy atom. The highest BCUT2D eigenvalue weighted by atomic mass is 16.7. The monoisotopic (exact) mass is 606 g/mol. The lowest BCUT2D eigenvalue weighted by molar-refractivity contribution is -0.390. The van der Waals surface area contributed by atoms with Crippen molar-refractivity contribution in [1.82, 2.24) is 4.98 Å². The number of aliphatic hydroxyl groups is 5. The van der Waals surface area contributed by atoms with E-state index in [1.807, 2.05) is 0 Å². The van der Waals surface area contributed by atoms with Crippen molar-refractivity contribution < 1.29 is 49.3 Å². The molecule has 10 N–H and O–H groups in total. The van der Waals surface area contributed by atoms with Gasteiger partial charge in [0.25, 0.3) is 0 Å². The molecule has 43 heavy (non-hydrogen) atoms. The zero-order chi connectivity index (χ0) is 31.8. The van der Waals surface area contributed by atoms with Crippen molar-refractivity contribution in [2.24, 2.45) is 39.1 Å². The van der Waals surface area contributed by atoms with Gasteiger partial charge in [0.1, 0.15) is 34.2 Å². The van der Waals surface area contributed by atoms with Gasteiger partial charge in [-0.25, -0.2) is 4.79 Å². The van der Waals surface area contributed by atoms with Crippen LogP contribution >= 0.6 is 0 Å². The van der Waals surface area contributed by atoms with Crippen LogP contribution in [0.5, 0.6) is 0 Å². The summed E-state index contributed by atoms with van der Waals surface area (Å²) in [5.41, 5.74) is -5.28. The summed E-state index contributed by atoms with van der Waals surface area (Å²) >= 11 is 0. The number of carbonyl (C=O) groups excluding carboxylic acids is 2. The van der Waals surface area contributed by atoms with Gasteiger partial charge in [0.2, 0.25) is 0 Å². The Balaban J connectivity index is 1.58.